The molecular weight excluding hydrogens is 525 g/mol. The summed E-state index contributed by atoms with van der Waals surface area (Å²) in [7, 11) is 2.40. The number of aliphatic hydroxyl groups is 1. The van der Waals surface area contributed by atoms with Crippen LogP contribution in [-0.2, 0) is 17.2 Å². The van der Waals surface area contributed by atoms with Crippen molar-refractivity contribution in [2.45, 2.75) is 24.7 Å². The number of aliphatic hydroxyl groups excluding tert-OH is 1. The highest BCUT2D eigenvalue weighted by Crippen LogP contribution is 2.36. The molecule has 1 atom stereocenters. The van der Waals surface area contributed by atoms with Crippen molar-refractivity contribution in [2.24, 2.45) is 5.16 Å². The largest absolute Gasteiger partial charge is 0.416 e. The second-order valence-corrected chi connectivity index (χ2v) is 8.27. The monoisotopic (exact) mass is 544 g/mol. The fourth-order valence-corrected chi connectivity index (χ4v) is 3.62. The van der Waals surface area contributed by atoms with Gasteiger partial charge in [-0.2, -0.15) is 26.3 Å². The Kier molecular flexibility index (Phi) is 9.43. The first-order valence-electron chi connectivity index (χ1n) is 9.89. The van der Waals surface area contributed by atoms with Crippen LogP contribution in [0.2, 0.25) is 10.0 Å². The number of hydrogen-bond donors (Lipinski definition) is 1. The molecule has 1 unspecified atom stereocenters. The second-order valence-electron chi connectivity index (χ2n) is 7.46. The van der Waals surface area contributed by atoms with Gasteiger partial charge >= 0.3 is 12.4 Å². The zero-order valence-corrected chi connectivity index (χ0v) is 19.9. The Labute approximate surface area is 206 Å². The number of carbonyl (C=O) groups excluding carboxylic acids is 1. The lowest BCUT2D eigenvalue weighted by Crippen LogP contribution is -2.35. The number of hydrogen-bond acceptors (Lipinski definition) is 4. The number of nitrogens with zero attached hydrogens (tertiary/aromatic N) is 2. The highest BCUT2D eigenvalue weighted by atomic mass is 35.5. The summed E-state index contributed by atoms with van der Waals surface area (Å²) in [4.78, 5) is 18.6. The van der Waals surface area contributed by atoms with Crippen molar-refractivity contribution in [1.29, 1.82) is 0 Å². The van der Waals surface area contributed by atoms with E-state index in [1.54, 1.807) is 6.07 Å². The van der Waals surface area contributed by atoms with Crippen molar-refractivity contribution >= 4 is 34.8 Å². The number of oxime groups is 1. The molecule has 192 valence electrons. The van der Waals surface area contributed by atoms with E-state index < -0.39 is 40.9 Å². The Morgan fingerprint density at radius 2 is 1.60 bits per heavy atom. The van der Waals surface area contributed by atoms with E-state index in [1.807, 2.05) is 0 Å². The van der Waals surface area contributed by atoms with Crippen LogP contribution >= 0.6 is 23.2 Å². The minimum Gasteiger partial charge on any atom is -0.399 e. The first kappa shape index (κ1) is 28.7. The highest BCUT2D eigenvalue weighted by molar-refractivity contribution is 6.42. The van der Waals surface area contributed by atoms with Crippen molar-refractivity contribution in [3.8, 4) is 0 Å². The van der Waals surface area contributed by atoms with Gasteiger partial charge in [0.1, 0.15) is 7.11 Å². The van der Waals surface area contributed by atoms with Crippen molar-refractivity contribution in [3.05, 3.63) is 68.7 Å². The smallest absolute Gasteiger partial charge is 0.399 e. The van der Waals surface area contributed by atoms with E-state index in [1.165, 1.54) is 26.3 Å². The number of halogens is 8. The van der Waals surface area contributed by atoms with Gasteiger partial charge in [0, 0.05) is 25.1 Å². The van der Waals surface area contributed by atoms with E-state index in [2.05, 4.69) is 5.16 Å². The van der Waals surface area contributed by atoms with Crippen molar-refractivity contribution in [3.63, 3.8) is 0 Å². The molecule has 2 aromatic carbocycles. The molecule has 2 rings (SSSR count). The molecule has 0 aliphatic carbocycles. The summed E-state index contributed by atoms with van der Waals surface area (Å²) in [5, 5.41) is 13.9. The number of rotatable bonds is 8. The van der Waals surface area contributed by atoms with Crippen LogP contribution in [-0.4, -0.2) is 48.9 Å². The Morgan fingerprint density at radius 3 is 2.06 bits per heavy atom. The fourth-order valence-electron chi connectivity index (χ4n) is 3.32. The van der Waals surface area contributed by atoms with Gasteiger partial charge in [0.05, 0.1) is 33.4 Å². The van der Waals surface area contributed by atoms with Crippen LogP contribution in [0.15, 0.2) is 41.6 Å². The molecular formula is C22H20Cl2F6N2O3. The lowest BCUT2D eigenvalue weighted by atomic mass is 9.90. The van der Waals surface area contributed by atoms with Crippen molar-refractivity contribution in [1.82, 2.24) is 4.90 Å². The van der Waals surface area contributed by atoms with E-state index in [0.717, 1.165) is 4.90 Å². The van der Waals surface area contributed by atoms with E-state index in [4.69, 9.17) is 28.0 Å². The molecule has 0 bridgehead atoms. The summed E-state index contributed by atoms with van der Waals surface area (Å²) in [6, 6.07) is 5.26. The first-order valence-corrected chi connectivity index (χ1v) is 10.6. The highest BCUT2D eigenvalue weighted by Gasteiger charge is 2.38. The summed E-state index contributed by atoms with van der Waals surface area (Å²) in [6.45, 7) is -0.650. The molecule has 0 aliphatic heterocycles. The molecule has 0 spiro atoms. The van der Waals surface area contributed by atoms with E-state index >= 15 is 0 Å². The minimum atomic E-state index is -5.10. The Hall–Kier alpha value is -2.50. The third kappa shape index (κ3) is 7.49. The fraction of sp³-hybridized carbons (Fsp3) is 0.364. The molecule has 0 aromatic heterocycles. The number of alkyl halides is 6. The number of carbonyl (C=O) groups is 1. The molecule has 0 radical (unpaired) electrons. The van der Waals surface area contributed by atoms with Crippen LogP contribution in [0.5, 0.6) is 0 Å². The average Bonchev–Trinajstić information content (AvgIpc) is 2.77. The van der Waals surface area contributed by atoms with Crippen LogP contribution in [0.25, 0.3) is 0 Å². The van der Waals surface area contributed by atoms with Crippen LogP contribution in [0.1, 0.15) is 39.4 Å². The molecule has 1 amide bonds. The van der Waals surface area contributed by atoms with Crippen molar-refractivity contribution < 1.29 is 41.1 Å². The lowest BCUT2D eigenvalue weighted by molar-refractivity contribution is -0.143. The van der Waals surface area contributed by atoms with Gasteiger partial charge in [0.25, 0.3) is 5.91 Å². The van der Waals surface area contributed by atoms with Crippen LogP contribution in [0.3, 0.4) is 0 Å². The maximum atomic E-state index is 13.2. The van der Waals surface area contributed by atoms with Crippen LogP contribution < -0.4 is 0 Å². The zero-order valence-electron chi connectivity index (χ0n) is 18.3. The van der Waals surface area contributed by atoms with Crippen LogP contribution in [0.4, 0.5) is 26.3 Å². The Morgan fingerprint density at radius 1 is 1.03 bits per heavy atom. The molecule has 35 heavy (non-hydrogen) atoms. The Balaban J connectivity index is 2.44. The average molecular weight is 545 g/mol. The van der Waals surface area contributed by atoms with E-state index in [0.29, 0.717) is 17.7 Å². The molecule has 0 heterocycles. The summed E-state index contributed by atoms with van der Waals surface area (Å²) in [6.07, 6.45) is -10.1. The maximum Gasteiger partial charge on any atom is 0.416 e. The molecule has 1 N–H and O–H groups in total. The summed E-state index contributed by atoms with van der Waals surface area (Å²) >= 11 is 12.0. The first-order chi connectivity index (χ1) is 16.2. The van der Waals surface area contributed by atoms with Gasteiger partial charge in [0.15, 0.2) is 0 Å². The van der Waals surface area contributed by atoms with Gasteiger partial charge in [-0.25, -0.2) is 0 Å². The zero-order chi connectivity index (χ0) is 26.6. The molecule has 0 saturated heterocycles. The van der Waals surface area contributed by atoms with Gasteiger partial charge in [-0.3, -0.25) is 4.79 Å². The van der Waals surface area contributed by atoms with Gasteiger partial charge in [0.2, 0.25) is 0 Å². The Bertz CT molecular complexity index is 1060. The molecule has 0 fully saturated rings. The molecule has 0 saturated carbocycles. The quantitative estimate of drug-likeness (QED) is 0.242. The third-order valence-corrected chi connectivity index (χ3v) is 5.69. The molecule has 2 aromatic rings. The third-order valence-electron chi connectivity index (χ3n) is 4.96. The van der Waals surface area contributed by atoms with Gasteiger partial charge in [-0.05, 0) is 42.3 Å². The van der Waals surface area contributed by atoms with Gasteiger partial charge in [-0.15, -0.1) is 0 Å². The lowest BCUT2D eigenvalue weighted by Gasteiger charge is -2.24. The number of benzene rings is 2. The molecule has 0 aliphatic rings. The van der Waals surface area contributed by atoms with Gasteiger partial charge in [-0.1, -0.05) is 34.4 Å². The predicted molar refractivity (Wildman–Crippen MR) is 119 cm³/mol. The van der Waals surface area contributed by atoms with Crippen molar-refractivity contribution in [2.75, 3.05) is 27.3 Å². The van der Waals surface area contributed by atoms with Crippen LogP contribution in [0, 0.1) is 0 Å². The SMILES string of the molecule is CON=C(CN(C)C(=O)c1cc(C(F)(F)F)cc(C(F)(F)F)c1)C(CCO)c1ccc(Cl)c(Cl)c1. The second kappa shape index (κ2) is 11.5. The molecule has 13 heteroatoms. The summed E-state index contributed by atoms with van der Waals surface area (Å²) in [5.41, 5.74) is -3.31. The van der Waals surface area contributed by atoms with E-state index in [9.17, 15) is 36.2 Å². The summed E-state index contributed by atoms with van der Waals surface area (Å²) < 4.78 is 79.1. The summed E-state index contributed by atoms with van der Waals surface area (Å²) in [5.74, 6) is -1.76. The molecule has 5 nitrogen and oxygen atoms in total. The van der Waals surface area contributed by atoms with Gasteiger partial charge < -0.3 is 14.8 Å². The predicted octanol–water partition coefficient (Wildman–Crippen LogP) is 6.27. The number of amides is 1. The standard InChI is InChI=1S/C22H20Cl2F6N2O3/c1-32(20(34)13-7-14(21(25,26)27)10-15(8-13)22(28,29)30)11-19(31-35-2)16(5-6-33)12-3-4-17(23)18(24)9-12/h3-4,7-10,16,33H,5-6,11H2,1-2H3. The topological polar surface area (TPSA) is 62.1 Å². The minimum absolute atomic E-state index is 0.0594. The maximum absolute atomic E-state index is 13.2. The van der Waals surface area contributed by atoms with E-state index in [-0.39, 0.29) is 41.4 Å². The normalized spacial score (nSPS) is 13.5.